The Morgan fingerprint density at radius 3 is 2.05 bits per heavy atom. The Bertz CT molecular complexity index is 2460. The maximum Gasteiger partial charge on any atom is 0.246 e. The Kier molecular flexibility index (Phi) is 23.8. The van der Waals surface area contributed by atoms with Crippen LogP contribution < -0.4 is 65.9 Å². The lowest BCUT2D eigenvalue weighted by Crippen LogP contribution is -2.61. The number of primary amides is 3. The summed E-state index contributed by atoms with van der Waals surface area (Å²) in [6, 6.07) is 2.65. The van der Waals surface area contributed by atoms with Crippen LogP contribution in [0.3, 0.4) is 0 Å². The predicted molar refractivity (Wildman–Crippen MR) is 289 cm³/mol. The second-order valence-electron chi connectivity index (χ2n) is 19.2. The summed E-state index contributed by atoms with van der Waals surface area (Å²) in [5.41, 5.74) is 27.9. The molecular weight excluding hydrogens is 1060 g/mol. The second-order valence-corrected chi connectivity index (χ2v) is 23.0. The van der Waals surface area contributed by atoms with E-state index in [1.54, 1.807) is 36.4 Å². The molecule has 1 aromatic carbocycles. The van der Waals surface area contributed by atoms with Crippen LogP contribution in [0.4, 0.5) is 0 Å². The Labute approximate surface area is 457 Å². The molecule has 2 aromatic rings. The van der Waals surface area contributed by atoms with Gasteiger partial charge in [0.2, 0.25) is 65.0 Å². The molecule has 0 unspecified atom stereocenters. The summed E-state index contributed by atoms with van der Waals surface area (Å²) in [6.07, 6.45) is 2.71. The molecule has 2 aliphatic heterocycles. The summed E-state index contributed by atoms with van der Waals surface area (Å²) < 4.78 is -0.713. The zero-order valence-corrected chi connectivity index (χ0v) is 45.0. The summed E-state index contributed by atoms with van der Waals surface area (Å²) >= 11 is 1.38. The Morgan fingerprint density at radius 1 is 0.740 bits per heavy atom. The molecule has 1 aromatic heterocycles. The highest BCUT2D eigenvalue weighted by Gasteiger charge is 2.42. The van der Waals surface area contributed by atoms with E-state index >= 15 is 0 Å². The van der Waals surface area contributed by atoms with Crippen LogP contribution in [0.5, 0.6) is 0 Å². The smallest absolute Gasteiger partial charge is 0.246 e. The van der Waals surface area contributed by atoms with Crippen molar-refractivity contribution >= 4 is 104 Å². The molecule has 3 fully saturated rings. The fourth-order valence-electron chi connectivity index (χ4n) is 9.22. The molecule has 28 heteroatoms. The Hall–Kier alpha value is -6.94. The van der Waals surface area contributed by atoms with Crippen LogP contribution in [0.1, 0.15) is 93.9 Å². The number of rotatable bonds is 19. The van der Waals surface area contributed by atoms with Crippen LogP contribution in [0.2, 0.25) is 0 Å². The van der Waals surface area contributed by atoms with E-state index in [0.717, 1.165) is 24.1 Å². The number of carbonyl (C=O) groups excluding carboxylic acids is 11. The van der Waals surface area contributed by atoms with Crippen molar-refractivity contribution in [1.82, 2.24) is 42.1 Å². The number of guanidine groups is 1. The number of amides is 11. The molecule has 420 valence electrons. The van der Waals surface area contributed by atoms with E-state index in [4.69, 9.17) is 28.7 Å². The van der Waals surface area contributed by atoms with E-state index in [9.17, 15) is 52.7 Å². The maximum atomic E-state index is 14.9. The quantitative estimate of drug-likeness (QED) is 0.0305. The van der Waals surface area contributed by atoms with Crippen LogP contribution >= 0.6 is 32.9 Å². The number of carbonyl (C=O) groups is 11. The lowest BCUT2D eigenvalue weighted by atomic mass is 9.85. The molecule has 3 aliphatic rings. The standard InChI is InChI=1S/C49H70N14O11S3/c50-37(64)16-15-31-42(69)61-34(24-38(51)65)45(72)62-35(47(74)63-20-8-14-36(63)46(73)59-30(13-7-19-55-48(53)54)41(68)56-26-39(52)66)27-76-77-49(17-5-2-6-18-49)25-40(67)57-33(23-29-12-9-21-75-29)44(71)60-32(43(70)58-31)22-28-10-3-1-4-11-28/h1,3-4,9-12,21,30-36H,2,5-8,13-20,22-27H2,(H2,50,64)(H2,51,65)(H2,52,66)(H,56,68)(H,57,67)(H,58,70)(H,59,73)(H,60,71)(H,61,69)(H,62,72)(H4,53,54,55)/t30-,31-,32-,33-,34-,35-,36-/m0/s1. The SMILES string of the molecule is NC(=O)CC[C@@H]1NC(=O)[C@H](Cc2ccccc2)NC(=O)[C@H](Cc2cccs2)NC(=O)CC2(CCCCC2)SSC[C@@H](C(=O)N2CCC[C@H]2C(=O)N[C@@H](CCCN=C(N)N)C(=O)NCC(N)=O)NC(=O)[C@H](CC(N)=O)NC1=O. The van der Waals surface area contributed by atoms with Crippen molar-refractivity contribution in [3.63, 3.8) is 0 Å². The number of aliphatic imine (C=N–C) groups is 1. The molecule has 17 N–H and O–H groups in total. The van der Waals surface area contributed by atoms with Gasteiger partial charge in [0.25, 0.3) is 0 Å². The van der Waals surface area contributed by atoms with Gasteiger partial charge in [-0.2, -0.15) is 0 Å². The molecule has 1 saturated carbocycles. The molecule has 11 amide bonds. The predicted octanol–water partition coefficient (Wildman–Crippen LogP) is -2.28. The van der Waals surface area contributed by atoms with Gasteiger partial charge in [-0.05, 0) is 62.0 Å². The molecule has 5 rings (SSSR count). The number of nitrogens with zero attached hydrogens (tertiary/aromatic N) is 2. The van der Waals surface area contributed by atoms with Gasteiger partial charge in [0.15, 0.2) is 5.96 Å². The van der Waals surface area contributed by atoms with Crippen molar-refractivity contribution in [2.75, 3.05) is 25.4 Å². The summed E-state index contributed by atoms with van der Waals surface area (Å²) in [7, 11) is 2.54. The number of nitrogens with one attached hydrogen (secondary N) is 7. The molecule has 1 aliphatic carbocycles. The minimum absolute atomic E-state index is 0.0247. The zero-order valence-electron chi connectivity index (χ0n) is 42.6. The Morgan fingerprint density at radius 2 is 1.40 bits per heavy atom. The minimum atomic E-state index is -1.76. The molecule has 0 radical (unpaired) electrons. The van der Waals surface area contributed by atoms with Gasteiger partial charge in [-0.3, -0.25) is 57.7 Å². The van der Waals surface area contributed by atoms with Crippen molar-refractivity contribution < 1.29 is 52.7 Å². The van der Waals surface area contributed by atoms with Gasteiger partial charge in [0, 0.05) is 54.1 Å². The highest BCUT2D eigenvalue weighted by atomic mass is 33.1. The van der Waals surface area contributed by atoms with Gasteiger partial charge in [-0.15, -0.1) is 11.3 Å². The first-order valence-corrected chi connectivity index (χ1v) is 28.6. The van der Waals surface area contributed by atoms with E-state index in [0.29, 0.717) is 24.8 Å². The first-order valence-electron chi connectivity index (χ1n) is 25.4. The van der Waals surface area contributed by atoms with Crippen molar-refractivity contribution in [1.29, 1.82) is 0 Å². The van der Waals surface area contributed by atoms with Crippen LogP contribution in [-0.4, -0.2) is 148 Å². The fourth-order valence-corrected chi connectivity index (χ4v) is 13.3. The number of nitrogens with two attached hydrogens (primary N) is 5. The molecule has 77 heavy (non-hydrogen) atoms. The average molecular weight is 1130 g/mol. The third kappa shape index (κ3) is 19.9. The highest BCUT2D eigenvalue weighted by Crippen LogP contribution is 2.48. The number of benzene rings is 1. The molecule has 25 nitrogen and oxygen atoms in total. The van der Waals surface area contributed by atoms with Crippen molar-refractivity contribution in [3.05, 3.63) is 58.3 Å². The molecule has 7 atom stereocenters. The lowest BCUT2D eigenvalue weighted by molar-refractivity contribution is -0.142. The van der Waals surface area contributed by atoms with Crippen molar-refractivity contribution in [2.45, 2.75) is 143 Å². The monoisotopic (exact) mass is 1130 g/mol. The van der Waals surface area contributed by atoms with Gasteiger partial charge in [0.05, 0.1) is 13.0 Å². The molecule has 2 saturated heterocycles. The van der Waals surface area contributed by atoms with Crippen molar-refractivity contribution in [3.8, 4) is 0 Å². The van der Waals surface area contributed by atoms with Gasteiger partial charge >= 0.3 is 0 Å². The van der Waals surface area contributed by atoms with Crippen LogP contribution in [-0.2, 0) is 65.6 Å². The van der Waals surface area contributed by atoms with Gasteiger partial charge < -0.3 is 70.8 Å². The van der Waals surface area contributed by atoms with Crippen LogP contribution in [0.15, 0.2) is 52.8 Å². The van der Waals surface area contributed by atoms with E-state index < -0.39 is 131 Å². The number of likely N-dealkylation sites (tertiary alicyclic amines) is 1. The van der Waals surface area contributed by atoms with E-state index in [1.807, 2.05) is 11.4 Å². The van der Waals surface area contributed by atoms with E-state index in [1.165, 1.54) is 37.8 Å². The number of hydrogen-bond acceptors (Lipinski definition) is 15. The first kappa shape index (κ1) is 60.9. The summed E-state index contributed by atoms with van der Waals surface area (Å²) in [5.74, 6) is -9.31. The number of hydrogen-bond donors (Lipinski definition) is 12. The largest absolute Gasteiger partial charge is 0.370 e. The molecule has 3 heterocycles. The van der Waals surface area contributed by atoms with Gasteiger partial charge in [0.1, 0.15) is 42.3 Å². The topological polar surface area (TPSA) is 418 Å². The summed E-state index contributed by atoms with van der Waals surface area (Å²) in [4.78, 5) is 156. The second kappa shape index (κ2) is 30.1. The maximum absolute atomic E-state index is 14.9. The fraction of sp³-hybridized carbons (Fsp3) is 0.551. The summed E-state index contributed by atoms with van der Waals surface area (Å²) in [5, 5.41) is 20.3. The van der Waals surface area contributed by atoms with Crippen molar-refractivity contribution in [2.24, 2.45) is 33.7 Å². The van der Waals surface area contributed by atoms with Gasteiger partial charge in [-0.25, -0.2) is 0 Å². The van der Waals surface area contributed by atoms with Gasteiger partial charge in [-0.1, -0.05) is 77.2 Å². The highest BCUT2D eigenvalue weighted by molar-refractivity contribution is 8.77. The summed E-state index contributed by atoms with van der Waals surface area (Å²) in [6.45, 7) is -0.363. The minimum Gasteiger partial charge on any atom is -0.370 e. The first-order chi connectivity index (χ1) is 36.7. The zero-order chi connectivity index (χ0) is 56.1. The Balaban J connectivity index is 1.52. The molecule has 1 spiro atoms. The number of thiophene rings is 1. The van der Waals surface area contributed by atoms with E-state index in [2.05, 4.69) is 42.2 Å². The molecule has 0 bridgehead atoms. The van der Waals surface area contributed by atoms with Crippen LogP contribution in [0.25, 0.3) is 0 Å². The van der Waals surface area contributed by atoms with E-state index in [-0.39, 0.29) is 69.7 Å². The molecular formula is C49H70N14O11S3. The third-order valence-corrected chi connectivity index (χ3v) is 17.3. The normalized spacial score (nSPS) is 23.1. The van der Waals surface area contributed by atoms with Crippen LogP contribution in [0, 0.1) is 0 Å². The lowest BCUT2D eigenvalue weighted by Gasteiger charge is -2.37. The average Bonchev–Trinajstić information content (AvgIpc) is 4.10. The third-order valence-electron chi connectivity index (χ3n) is 13.1.